The maximum absolute atomic E-state index is 10.1. The molecule has 0 aliphatic heterocycles. The monoisotopic (exact) mass is 280 g/mol. The van der Waals surface area contributed by atoms with Gasteiger partial charge in [-0.1, -0.05) is 5.16 Å². The van der Waals surface area contributed by atoms with Gasteiger partial charge >= 0.3 is 0 Å². The van der Waals surface area contributed by atoms with Crippen molar-refractivity contribution in [2.45, 2.75) is 52.2 Å². The van der Waals surface area contributed by atoms with Crippen LogP contribution in [-0.4, -0.2) is 34.9 Å². The van der Waals surface area contributed by atoms with Crippen LogP contribution in [0.2, 0.25) is 0 Å². The number of nitrogens with zero attached hydrogens (tertiary/aromatic N) is 2. The van der Waals surface area contributed by atoms with Crippen molar-refractivity contribution in [1.82, 2.24) is 15.8 Å². The zero-order valence-corrected chi connectivity index (χ0v) is 12.5. The van der Waals surface area contributed by atoms with E-state index in [2.05, 4.69) is 20.8 Å². The molecule has 0 saturated heterocycles. The van der Waals surface area contributed by atoms with Crippen molar-refractivity contribution >= 4 is 5.96 Å². The molecule has 1 fully saturated rings. The van der Waals surface area contributed by atoms with Gasteiger partial charge in [-0.05, 0) is 40.0 Å². The summed E-state index contributed by atoms with van der Waals surface area (Å²) in [5.74, 6) is 1.52. The Balaban J connectivity index is 1.94. The predicted molar refractivity (Wildman–Crippen MR) is 77.6 cm³/mol. The van der Waals surface area contributed by atoms with Crippen LogP contribution in [0.1, 0.15) is 43.2 Å². The lowest BCUT2D eigenvalue weighted by atomic mass is 9.80. The highest BCUT2D eigenvalue weighted by molar-refractivity contribution is 5.79. The Morgan fingerprint density at radius 2 is 2.15 bits per heavy atom. The lowest BCUT2D eigenvalue weighted by molar-refractivity contribution is -0.0279. The van der Waals surface area contributed by atoms with Crippen LogP contribution in [0.4, 0.5) is 0 Å². The molecule has 0 unspecified atom stereocenters. The molecule has 1 aliphatic rings. The average molecular weight is 280 g/mol. The summed E-state index contributed by atoms with van der Waals surface area (Å²) >= 11 is 0. The van der Waals surface area contributed by atoms with E-state index in [0.29, 0.717) is 19.0 Å². The van der Waals surface area contributed by atoms with Crippen LogP contribution in [0.3, 0.4) is 0 Å². The Bertz CT molecular complexity index is 458. The maximum Gasteiger partial charge on any atom is 0.191 e. The van der Waals surface area contributed by atoms with Gasteiger partial charge in [0.05, 0.1) is 17.8 Å². The number of rotatable bonds is 5. The highest BCUT2D eigenvalue weighted by Crippen LogP contribution is 2.30. The molecule has 0 bridgehead atoms. The minimum absolute atomic E-state index is 0.523. The summed E-state index contributed by atoms with van der Waals surface area (Å²) in [5.41, 5.74) is 1.34. The quantitative estimate of drug-likeness (QED) is 0.559. The third-order valence-corrected chi connectivity index (χ3v) is 3.79. The summed E-state index contributed by atoms with van der Waals surface area (Å²) < 4.78 is 5.13. The minimum Gasteiger partial charge on any atom is -0.388 e. The SMILES string of the molecule is CCNC(=NCc1c(C)noc1C)NCC1(O)CCC1. The summed E-state index contributed by atoms with van der Waals surface area (Å²) in [6.45, 7) is 7.67. The molecule has 112 valence electrons. The predicted octanol–water partition coefficient (Wildman–Crippen LogP) is 1.26. The number of aliphatic imine (C=N–C) groups is 1. The van der Waals surface area contributed by atoms with Crippen LogP contribution in [-0.2, 0) is 6.54 Å². The van der Waals surface area contributed by atoms with Crippen molar-refractivity contribution < 1.29 is 9.63 Å². The Kier molecular flexibility index (Phi) is 4.65. The van der Waals surface area contributed by atoms with Gasteiger partial charge in [-0.25, -0.2) is 4.99 Å². The molecule has 2 rings (SSSR count). The van der Waals surface area contributed by atoms with Crippen molar-refractivity contribution in [3.05, 3.63) is 17.0 Å². The van der Waals surface area contributed by atoms with Gasteiger partial charge in [-0.3, -0.25) is 0 Å². The third kappa shape index (κ3) is 3.50. The molecular weight excluding hydrogens is 256 g/mol. The summed E-state index contributed by atoms with van der Waals surface area (Å²) in [4.78, 5) is 4.52. The second-order valence-electron chi connectivity index (χ2n) is 5.43. The van der Waals surface area contributed by atoms with E-state index in [4.69, 9.17) is 4.52 Å². The maximum atomic E-state index is 10.1. The molecular formula is C14H24N4O2. The van der Waals surface area contributed by atoms with E-state index >= 15 is 0 Å². The van der Waals surface area contributed by atoms with Crippen molar-refractivity contribution in [2.24, 2.45) is 4.99 Å². The molecule has 0 radical (unpaired) electrons. The summed E-state index contributed by atoms with van der Waals surface area (Å²) in [7, 11) is 0. The number of aliphatic hydroxyl groups is 1. The molecule has 0 atom stereocenters. The topological polar surface area (TPSA) is 82.7 Å². The fraction of sp³-hybridized carbons (Fsp3) is 0.714. The zero-order chi connectivity index (χ0) is 14.6. The molecule has 1 aromatic heterocycles. The lowest BCUT2D eigenvalue weighted by Crippen LogP contribution is -2.50. The van der Waals surface area contributed by atoms with Crippen LogP contribution in [0, 0.1) is 13.8 Å². The van der Waals surface area contributed by atoms with Crippen LogP contribution in [0.5, 0.6) is 0 Å². The molecule has 20 heavy (non-hydrogen) atoms. The fourth-order valence-corrected chi connectivity index (χ4v) is 2.24. The normalized spacial score (nSPS) is 17.7. The Morgan fingerprint density at radius 1 is 1.40 bits per heavy atom. The van der Waals surface area contributed by atoms with Gasteiger partial charge in [0, 0.05) is 18.7 Å². The van der Waals surface area contributed by atoms with Crippen LogP contribution in [0.25, 0.3) is 0 Å². The second-order valence-corrected chi connectivity index (χ2v) is 5.43. The highest BCUT2D eigenvalue weighted by Gasteiger charge is 2.34. The van der Waals surface area contributed by atoms with E-state index in [9.17, 15) is 5.11 Å². The Hall–Kier alpha value is -1.56. The summed E-state index contributed by atoms with van der Waals surface area (Å²) in [5, 5.41) is 20.4. The van der Waals surface area contributed by atoms with Crippen molar-refractivity contribution in [3.8, 4) is 0 Å². The number of nitrogens with one attached hydrogen (secondary N) is 2. The minimum atomic E-state index is -0.556. The molecule has 0 aromatic carbocycles. The van der Waals surface area contributed by atoms with Gasteiger partial charge in [0.1, 0.15) is 5.76 Å². The van der Waals surface area contributed by atoms with Gasteiger partial charge < -0.3 is 20.3 Å². The summed E-state index contributed by atoms with van der Waals surface area (Å²) in [6, 6.07) is 0. The number of hydrogen-bond acceptors (Lipinski definition) is 4. The van der Waals surface area contributed by atoms with E-state index < -0.39 is 5.60 Å². The van der Waals surface area contributed by atoms with E-state index in [0.717, 1.165) is 42.8 Å². The third-order valence-electron chi connectivity index (χ3n) is 3.79. The van der Waals surface area contributed by atoms with Crippen LogP contribution in [0.15, 0.2) is 9.52 Å². The first-order chi connectivity index (χ1) is 9.54. The van der Waals surface area contributed by atoms with E-state index in [1.165, 1.54) is 0 Å². The average Bonchev–Trinajstić information content (AvgIpc) is 2.70. The molecule has 6 nitrogen and oxygen atoms in total. The number of guanidine groups is 1. The number of hydrogen-bond donors (Lipinski definition) is 3. The molecule has 1 saturated carbocycles. The highest BCUT2D eigenvalue weighted by atomic mass is 16.5. The van der Waals surface area contributed by atoms with E-state index in [-0.39, 0.29) is 0 Å². The molecule has 1 aliphatic carbocycles. The van der Waals surface area contributed by atoms with Crippen LogP contribution < -0.4 is 10.6 Å². The van der Waals surface area contributed by atoms with Gasteiger partial charge in [-0.2, -0.15) is 0 Å². The second kappa shape index (κ2) is 6.26. The first kappa shape index (κ1) is 14.8. The van der Waals surface area contributed by atoms with Gasteiger partial charge in [0.2, 0.25) is 0 Å². The molecule has 6 heteroatoms. The molecule has 3 N–H and O–H groups in total. The van der Waals surface area contributed by atoms with Gasteiger partial charge in [0.15, 0.2) is 5.96 Å². The zero-order valence-electron chi connectivity index (χ0n) is 12.5. The fourth-order valence-electron chi connectivity index (χ4n) is 2.24. The van der Waals surface area contributed by atoms with E-state index in [1.807, 2.05) is 20.8 Å². The van der Waals surface area contributed by atoms with Gasteiger partial charge in [0.25, 0.3) is 0 Å². The molecule has 0 amide bonds. The number of aromatic nitrogens is 1. The van der Waals surface area contributed by atoms with E-state index in [1.54, 1.807) is 0 Å². The standard InChI is InChI=1S/C14H24N4O2/c1-4-15-13(17-9-14(19)6-5-7-14)16-8-12-10(2)18-20-11(12)3/h19H,4-9H2,1-3H3,(H2,15,16,17). The van der Waals surface area contributed by atoms with Crippen molar-refractivity contribution in [1.29, 1.82) is 0 Å². The first-order valence-electron chi connectivity index (χ1n) is 7.20. The Morgan fingerprint density at radius 3 is 2.65 bits per heavy atom. The van der Waals surface area contributed by atoms with Crippen molar-refractivity contribution in [2.75, 3.05) is 13.1 Å². The molecule has 1 aromatic rings. The lowest BCUT2D eigenvalue weighted by Gasteiger charge is -2.36. The molecule has 0 spiro atoms. The summed E-state index contributed by atoms with van der Waals surface area (Å²) in [6.07, 6.45) is 2.83. The van der Waals surface area contributed by atoms with Crippen molar-refractivity contribution in [3.63, 3.8) is 0 Å². The van der Waals surface area contributed by atoms with Crippen LogP contribution >= 0.6 is 0 Å². The largest absolute Gasteiger partial charge is 0.388 e. The first-order valence-corrected chi connectivity index (χ1v) is 7.20. The smallest absolute Gasteiger partial charge is 0.191 e. The van der Waals surface area contributed by atoms with Gasteiger partial charge in [-0.15, -0.1) is 0 Å². The Labute approximate surface area is 119 Å². The number of aryl methyl sites for hydroxylation is 2. The molecule has 1 heterocycles.